The lowest BCUT2D eigenvalue weighted by Crippen LogP contribution is -2.44. The second-order valence-corrected chi connectivity index (χ2v) is 7.57. The minimum Gasteiger partial charge on any atom is -0.372 e. The lowest BCUT2D eigenvalue weighted by Gasteiger charge is -2.23. The number of anilines is 2. The molecule has 2 N–H and O–H groups in total. The van der Waals surface area contributed by atoms with Crippen LogP contribution in [0.25, 0.3) is 0 Å². The molecular weight excluding hydrogens is 407 g/mol. The quantitative estimate of drug-likeness (QED) is 0.665. The van der Waals surface area contributed by atoms with Crippen LogP contribution in [0.1, 0.15) is 16.7 Å². The number of nitrogens with zero attached hydrogens (tertiary/aromatic N) is 1. The van der Waals surface area contributed by atoms with Crippen molar-refractivity contribution < 1.29 is 19.1 Å². The molecule has 7 heteroatoms. The number of amides is 2. The second kappa shape index (κ2) is 7.55. The maximum absolute atomic E-state index is 13.8. The molecule has 1 heterocycles. The molecule has 4 rings (SSSR count). The molecule has 0 spiro atoms. The molecule has 0 unspecified atom stereocenters. The molecule has 0 aromatic heterocycles. The molecule has 0 bridgehead atoms. The number of carbonyl (C=O) groups is 2. The highest BCUT2D eigenvalue weighted by molar-refractivity contribution is 6.33. The molecule has 1 aliphatic heterocycles. The number of carbonyl (C=O) groups excluding carboxylic acids is 2. The molecule has 1 aliphatic rings. The SMILES string of the molecule is Cc1ccc(NC(=O)CN2C(=O)[C@@](O)(c3cccc(F)c3)c3ccccc32)c(Cl)c1. The Kier molecular flexibility index (Phi) is 5.05. The fourth-order valence-corrected chi connectivity index (χ4v) is 3.92. The number of rotatable bonds is 4. The van der Waals surface area contributed by atoms with E-state index < -0.39 is 23.2 Å². The first-order valence-corrected chi connectivity index (χ1v) is 9.64. The number of nitrogens with one attached hydrogen (secondary N) is 1. The predicted molar refractivity (Wildman–Crippen MR) is 113 cm³/mol. The Morgan fingerprint density at radius 3 is 2.63 bits per heavy atom. The van der Waals surface area contributed by atoms with Gasteiger partial charge in [-0.15, -0.1) is 0 Å². The summed E-state index contributed by atoms with van der Waals surface area (Å²) in [6.45, 7) is 1.54. The summed E-state index contributed by atoms with van der Waals surface area (Å²) < 4.78 is 13.8. The predicted octanol–water partition coefficient (Wildman–Crippen LogP) is 4.01. The van der Waals surface area contributed by atoms with Crippen LogP contribution in [0.15, 0.2) is 66.7 Å². The second-order valence-electron chi connectivity index (χ2n) is 7.16. The first-order chi connectivity index (χ1) is 14.3. The Morgan fingerprint density at radius 2 is 1.90 bits per heavy atom. The monoisotopic (exact) mass is 424 g/mol. The maximum atomic E-state index is 13.8. The van der Waals surface area contributed by atoms with Gasteiger partial charge in [0.1, 0.15) is 12.4 Å². The number of aryl methyl sites for hydroxylation is 1. The molecule has 0 fully saturated rings. The van der Waals surface area contributed by atoms with Gasteiger partial charge in [0.05, 0.1) is 16.4 Å². The van der Waals surface area contributed by atoms with E-state index in [1.165, 1.54) is 23.1 Å². The number of halogens is 2. The van der Waals surface area contributed by atoms with Gasteiger partial charge in [0, 0.05) is 11.1 Å². The molecule has 0 saturated heterocycles. The third-order valence-corrected chi connectivity index (χ3v) is 5.39. The van der Waals surface area contributed by atoms with Crippen LogP contribution in [-0.2, 0) is 15.2 Å². The van der Waals surface area contributed by atoms with E-state index in [9.17, 15) is 19.1 Å². The van der Waals surface area contributed by atoms with Crippen molar-refractivity contribution in [2.75, 3.05) is 16.8 Å². The average molecular weight is 425 g/mol. The van der Waals surface area contributed by atoms with Crippen molar-refractivity contribution in [3.8, 4) is 0 Å². The lowest BCUT2D eigenvalue weighted by atomic mass is 9.87. The van der Waals surface area contributed by atoms with Crippen molar-refractivity contribution in [2.45, 2.75) is 12.5 Å². The van der Waals surface area contributed by atoms with E-state index in [4.69, 9.17) is 11.6 Å². The molecule has 1 atom stereocenters. The molecule has 0 aliphatic carbocycles. The van der Waals surface area contributed by atoms with Crippen molar-refractivity contribution in [3.05, 3.63) is 94.3 Å². The Bertz CT molecular complexity index is 1170. The van der Waals surface area contributed by atoms with Crippen LogP contribution in [0, 0.1) is 12.7 Å². The zero-order valence-corrected chi connectivity index (χ0v) is 16.8. The van der Waals surface area contributed by atoms with E-state index in [0.29, 0.717) is 22.0 Å². The van der Waals surface area contributed by atoms with Crippen LogP contribution in [0.2, 0.25) is 5.02 Å². The summed E-state index contributed by atoms with van der Waals surface area (Å²) in [7, 11) is 0. The first kappa shape index (κ1) is 20.1. The molecule has 3 aromatic carbocycles. The van der Waals surface area contributed by atoms with E-state index in [1.54, 1.807) is 42.5 Å². The Balaban J connectivity index is 1.66. The highest BCUT2D eigenvalue weighted by Gasteiger charge is 2.51. The van der Waals surface area contributed by atoms with Gasteiger partial charge in [0.2, 0.25) is 5.91 Å². The van der Waals surface area contributed by atoms with Crippen molar-refractivity contribution >= 4 is 34.8 Å². The number of fused-ring (bicyclic) bond motifs is 1. The van der Waals surface area contributed by atoms with E-state index >= 15 is 0 Å². The van der Waals surface area contributed by atoms with Gasteiger partial charge in [0.25, 0.3) is 5.91 Å². The summed E-state index contributed by atoms with van der Waals surface area (Å²) in [5, 5.41) is 14.4. The Labute approximate surface area is 177 Å². The summed E-state index contributed by atoms with van der Waals surface area (Å²) in [4.78, 5) is 27.1. The van der Waals surface area contributed by atoms with Gasteiger partial charge in [0.15, 0.2) is 5.60 Å². The van der Waals surface area contributed by atoms with Gasteiger partial charge in [-0.1, -0.05) is 48.0 Å². The van der Waals surface area contributed by atoms with Crippen LogP contribution in [0.4, 0.5) is 15.8 Å². The molecule has 30 heavy (non-hydrogen) atoms. The highest BCUT2D eigenvalue weighted by Crippen LogP contribution is 2.44. The standard InChI is InChI=1S/C23H18ClFN2O3/c1-14-9-10-19(18(24)11-14)26-21(28)13-27-20-8-3-2-7-17(20)23(30,22(27)29)15-5-4-6-16(25)12-15/h2-12,30H,13H2,1H3,(H,26,28)/t23-/m1/s1. The van der Waals surface area contributed by atoms with Gasteiger partial charge in [-0.25, -0.2) is 4.39 Å². The average Bonchev–Trinajstić information content (AvgIpc) is 2.93. The van der Waals surface area contributed by atoms with Gasteiger partial charge in [-0.3, -0.25) is 14.5 Å². The first-order valence-electron chi connectivity index (χ1n) is 9.26. The van der Waals surface area contributed by atoms with Crippen LogP contribution in [0.3, 0.4) is 0 Å². The number of benzene rings is 3. The highest BCUT2D eigenvalue weighted by atomic mass is 35.5. The third-order valence-electron chi connectivity index (χ3n) is 5.08. The number of hydrogen-bond donors (Lipinski definition) is 2. The molecule has 5 nitrogen and oxygen atoms in total. The fourth-order valence-electron chi connectivity index (χ4n) is 3.64. The normalized spacial score (nSPS) is 17.7. The fraction of sp³-hybridized carbons (Fsp3) is 0.130. The van der Waals surface area contributed by atoms with Gasteiger partial charge in [-0.2, -0.15) is 0 Å². The minimum absolute atomic E-state index is 0.101. The van der Waals surface area contributed by atoms with Crippen molar-refractivity contribution in [1.29, 1.82) is 0 Å². The summed E-state index contributed by atoms with van der Waals surface area (Å²) in [6.07, 6.45) is 0. The molecule has 3 aromatic rings. The molecular formula is C23H18ClFN2O3. The molecule has 2 amide bonds. The summed E-state index contributed by atoms with van der Waals surface area (Å²) >= 11 is 6.17. The van der Waals surface area contributed by atoms with Crippen LogP contribution >= 0.6 is 11.6 Å². The van der Waals surface area contributed by atoms with Crippen molar-refractivity contribution in [1.82, 2.24) is 0 Å². The van der Waals surface area contributed by atoms with Crippen molar-refractivity contribution in [2.24, 2.45) is 0 Å². The lowest BCUT2D eigenvalue weighted by molar-refractivity contribution is -0.133. The maximum Gasteiger partial charge on any atom is 0.268 e. The van der Waals surface area contributed by atoms with Crippen LogP contribution < -0.4 is 10.2 Å². The Morgan fingerprint density at radius 1 is 1.13 bits per heavy atom. The zero-order valence-electron chi connectivity index (χ0n) is 16.0. The summed E-state index contributed by atoms with van der Waals surface area (Å²) in [5.74, 6) is -1.77. The summed E-state index contributed by atoms with van der Waals surface area (Å²) in [6, 6.07) is 17.1. The van der Waals surface area contributed by atoms with Crippen LogP contribution in [-0.4, -0.2) is 23.5 Å². The van der Waals surface area contributed by atoms with E-state index in [2.05, 4.69) is 5.32 Å². The van der Waals surface area contributed by atoms with E-state index in [1.807, 2.05) is 6.92 Å². The smallest absolute Gasteiger partial charge is 0.268 e. The zero-order chi connectivity index (χ0) is 21.5. The Hall–Kier alpha value is -3.22. The number of hydrogen-bond acceptors (Lipinski definition) is 3. The number of aliphatic hydroxyl groups is 1. The van der Waals surface area contributed by atoms with Crippen molar-refractivity contribution in [3.63, 3.8) is 0 Å². The van der Waals surface area contributed by atoms with Gasteiger partial charge in [-0.05, 0) is 42.8 Å². The largest absolute Gasteiger partial charge is 0.372 e. The van der Waals surface area contributed by atoms with Gasteiger partial charge >= 0.3 is 0 Å². The molecule has 152 valence electrons. The summed E-state index contributed by atoms with van der Waals surface area (Å²) in [5.41, 5.74) is 0.0699. The van der Waals surface area contributed by atoms with E-state index in [-0.39, 0.29) is 12.1 Å². The number of para-hydroxylation sites is 1. The van der Waals surface area contributed by atoms with Gasteiger partial charge < -0.3 is 10.4 Å². The van der Waals surface area contributed by atoms with Crippen LogP contribution in [0.5, 0.6) is 0 Å². The minimum atomic E-state index is -2.08. The molecule has 0 saturated carbocycles. The topological polar surface area (TPSA) is 69.6 Å². The third kappa shape index (κ3) is 3.34. The van der Waals surface area contributed by atoms with E-state index in [0.717, 1.165) is 11.6 Å². The molecule has 0 radical (unpaired) electrons.